The molecule has 2 aromatic heterocycles. The molecule has 0 aromatic carbocycles. The van der Waals surface area contributed by atoms with Crippen molar-refractivity contribution in [2.24, 2.45) is 0 Å². The van der Waals surface area contributed by atoms with Gasteiger partial charge in [-0.2, -0.15) is 0 Å². The van der Waals surface area contributed by atoms with Crippen LogP contribution in [0, 0.1) is 13.8 Å². The molecule has 0 unspecified atom stereocenters. The van der Waals surface area contributed by atoms with Crippen molar-refractivity contribution in [2.45, 2.75) is 53.6 Å². The fourth-order valence-corrected chi connectivity index (χ4v) is 3.74. The highest BCUT2D eigenvalue weighted by atomic mass is 16.5. The minimum absolute atomic E-state index is 0.0771. The number of carbonyl (C=O) groups excluding carboxylic acids is 4. The first kappa shape index (κ1) is 24.9. The predicted octanol–water partition coefficient (Wildman–Crippen LogP) is 3.06. The number of hydrogen-bond donors (Lipinski definition) is 0. The highest BCUT2D eigenvalue weighted by Crippen LogP contribution is 2.24. The Bertz CT molecular complexity index is 973. The van der Waals surface area contributed by atoms with Gasteiger partial charge in [0.1, 0.15) is 11.5 Å². The first-order valence-electron chi connectivity index (χ1n) is 10.5. The van der Waals surface area contributed by atoms with E-state index < -0.39 is 11.9 Å². The molecule has 0 saturated carbocycles. The standard InChI is InChI=1S/C23H30N2O7/c1-6-25-16(4)21(15(3)22(25)23(29)30-5)18(26)14-24(13-17-9-8-12-32-17)19(27)10-11-20(28)31-7-2/h8-9,12H,6-7,10-11,13-14H2,1-5H3. The van der Waals surface area contributed by atoms with E-state index in [1.54, 1.807) is 37.5 Å². The molecule has 0 saturated heterocycles. The van der Waals surface area contributed by atoms with E-state index in [0.29, 0.717) is 34.8 Å². The van der Waals surface area contributed by atoms with E-state index in [2.05, 4.69) is 0 Å². The lowest BCUT2D eigenvalue weighted by atomic mass is 10.0. The Hall–Kier alpha value is -3.36. The summed E-state index contributed by atoms with van der Waals surface area (Å²) in [5.41, 5.74) is 1.85. The second-order valence-electron chi connectivity index (χ2n) is 7.23. The van der Waals surface area contributed by atoms with Crippen LogP contribution in [-0.2, 0) is 32.2 Å². The Labute approximate surface area is 187 Å². The molecular formula is C23H30N2O7. The molecule has 0 bridgehead atoms. The van der Waals surface area contributed by atoms with E-state index in [1.165, 1.54) is 18.3 Å². The maximum absolute atomic E-state index is 13.3. The summed E-state index contributed by atoms with van der Waals surface area (Å²) in [5.74, 6) is -1.17. The van der Waals surface area contributed by atoms with Crippen molar-refractivity contribution in [1.82, 2.24) is 9.47 Å². The van der Waals surface area contributed by atoms with Crippen LogP contribution in [0.25, 0.3) is 0 Å². The molecular weight excluding hydrogens is 416 g/mol. The third kappa shape index (κ3) is 5.66. The van der Waals surface area contributed by atoms with Crippen molar-refractivity contribution in [3.8, 4) is 0 Å². The lowest BCUT2D eigenvalue weighted by Crippen LogP contribution is -2.35. The first-order chi connectivity index (χ1) is 15.2. The fourth-order valence-electron chi connectivity index (χ4n) is 3.74. The SMILES string of the molecule is CCOC(=O)CCC(=O)N(CC(=O)c1c(C)c(C(=O)OC)n(CC)c1C)Cc1ccco1. The zero-order chi connectivity index (χ0) is 23.8. The van der Waals surface area contributed by atoms with E-state index >= 15 is 0 Å². The molecule has 0 spiro atoms. The summed E-state index contributed by atoms with van der Waals surface area (Å²) in [7, 11) is 1.29. The van der Waals surface area contributed by atoms with Gasteiger partial charge in [0.15, 0.2) is 5.78 Å². The minimum atomic E-state index is -0.524. The molecule has 2 heterocycles. The molecule has 0 aliphatic rings. The van der Waals surface area contributed by atoms with Crippen LogP contribution in [0.15, 0.2) is 22.8 Å². The number of aromatic nitrogens is 1. The summed E-state index contributed by atoms with van der Waals surface area (Å²) in [6.07, 6.45) is 1.32. The number of amides is 1. The quantitative estimate of drug-likeness (QED) is 0.385. The molecule has 9 heteroatoms. The van der Waals surface area contributed by atoms with Crippen LogP contribution in [0.1, 0.15) is 64.6 Å². The fraction of sp³-hybridized carbons (Fsp3) is 0.478. The number of Topliss-reactive ketones (excluding diaryl/α,β-unsaturated/α-hetero) is 1. The summed E-state index contributed by atoms with van der Waals surface area (Å²) >= 11 is 0. The van der Waals surface area contributed by atoms with Gasteiger partial charge in [0.2, 0.25) is 5.91 Å². The number of rotatable bonds is 11. The van der Waals surface area contributed by atoms with Crippen LogP contribution in [-0.4, -0.2) is 53.4 Å². The average molecular weight is 447 g/mol. The van der Waals surface area contributed by atoms with Crippen LogP contribution < -0.4 is 0 Å². The lowest BCUT2D eigenvalue weighted by Gasteiger charge is -2.21. The van der Waals surface area contributed by atoms with Crippen molar-refractivity contribution in [1.29, 1.82) is 0 Å². The molecule has 0 aliphatic heterocycles. The van der Waals surface area contributed by atoms with Crippen molar-refractivity contribution < 1.29 is 33.1 Å². The Balaban J connectivity index is 2.30. The molecule has 0 N–H and O–H groups in total. The monoisotopic (exact) mass is 446 g/mol. The van der Waals surface area contributed by atoms with Crippen LogP contribution in [0.3, 0.4) is 0 Å². The van der Waals surface area contributed by atoms with Crippen molar-refractivity contribution >= 4 is 23.6 Å². The van der Waals surface area contributed by atoms with Gasteiger partial charge in [0, 0.05) is 24.2 Å². The molecule has 2 rings (SSSR count). The van der Waals surface area contributed by atoms with Gasteiger partial charge in [-0.05, 0) is 45.4 Å². The van der Waals surface area contributed by atoms with Gasteiger partial charge >= 0.3 is 11.9 Å². The molecule has 1 amide bonds. The zero-order valence-electron chi connectivity index (χ0n) is 19.2. The molecule has 2 aromatic rings. The summed E-state index contributed by atoms with van der Waals surface area (Å²) in [5, 5.41) is 0. The van der Waals surface area contributed by atoms with Crippen molar-refractivity contribution in [2.75, 3.05) is 20.3 Å². The second kappa shape index (κ2) is 11.3. The summed E-state index contributed by atoms with van der Waals surface area (Å²) in [4.78, 5) is 51.4. The molecule has 174 valence electrons. The van der Waals surface area contributed by atoms with Crippen molar-refractivity contribution in [3.05, 3.63) is 46.7 Å². The van der Waals surface area contributed by atoms with E-state index in [-0.39, 0.29) is 44.2 Å². The largest absolute Gasteiger partial charge is 0.467 e. The number of methoxy groups -OCH3 is 1. The van der Waals surface area contributed by atoms with Crippen LogP contribution in [0.5, 0.6) is 0 Å². The Morgan fingerprint density at radius 3 is 2.41 bits per heavy atom. The van der Waals surface area contributed by atoms with Gasteiger partial charge < -0.3 is 23.4 Å². The van der Waals surface area contributed by atoms with E-state index in [9.17, 15) is 19.2 Å². The average Bonchev–Trinajstić information content (AvgIpc) is 3.36. The van der Waals surface area contributed by atoms with Gasteiger partial charge in [0.05, 0.1) is 39.5 Å². The van der Waals surface area contributed by atoms with E-state index in [1.807, 2.05) is 6.92 Å². The van der Waals surface area contributed by atoms with Gasteiger partial charge in [0.25, 0.3) is 0 Å². The predicted molar refractivity (Wildman–Crippen MR) is 115 cm³/mol. The van der Waals surface area contributed by atoms with Gasteiger partial charge in [-0.25, -0.2) is 4.79 Å². The maximum atomic E-state index is 13.3. The van der Waals surface area contributed by atoms with Gasteiger partial charge in [-0.3, -0.25) is 14.4 Å². The highest BCUT2D eigenvalue weighted by molar-refractivity contribution is 6.04. The number of hydrogen-bond acceptors (Lipinski definition) is 7. The smallest absolute Gasteiger partial charge is 0.354 e. The van der Waals surface area contributed by atoms with Gasteiger partial charge in [-0.1, -0.05) is 0 Å². The van der Waals surface area contributed by atoms with Crippen LogP contribution in [0.2, 0.25) is 0 Å². The summed E-state index contributed by atoms with van der Waals surface area (Å²) in [6, 6.07) is 3.40. The van der Waals surface area contributed by atoms with Crippen LogP contribution in [0.4, 0.5) is 0 Å². The second-order valence-corrected chi connectivity index (χ2v) is 7.23. The Morgan fingerprint density at radius 2 is 1.84 bits per heavy atom. The lowest BCUT2D eigenvalue weighted by molar-refractivity contribution is -0.145. The molecule has 0 radical (unpaired) electrons. The number of carbonyl (C=O) groups is 4. The summed E-state index contributed by atoms with van der Waals surface area (Å²) < 4.78 is 16.8. The number of ketones is 1. The number of esters is 2. The molecule has 9 nitrogen and oxygen atoms in total. The van der Waals surface area contributed by atoms with E-state index in [4.69, 9.17) is 13.9 Å². The normalized spacial score (nSPS) is 10.7. The minimum Gasteiger partial charge on any atom is -0.467 e. The first-order valence-corrected chi connectivity index (χ1v) is 10.5. The van der Waals surface area contributed by atoms with Crippen molar-refractivity contribution in [3.63, 3.8) is 0 Å². The van der Waals surface area contributed by atoms with Gasteiger partial charge in [-0.15, -0.1) is 0 Å². The Kier molecular flexibility index (Phi) is 8.80. The topological polar surface area (TPSA) is 108 Å². The molecule has 32 heavy (non-hydrogen) atoms. The molecule has 0 fully saturated rings. The summed E-state index contributed by atoms with van der Waals surface area (Å²) in [6.45, 7) is 7.59. The Morgan fingerprint density at radius 1 is 1.12 bits per heavy atom. The van der Waals surface area contributed by atoms with Crippen LogP contribution >= 0.6 is 0 Å². The zero-order valence-corrected chi connectivity index (χ0v) is 19.2. The number of nitrogens with zero attached hydrogens (tertiary/aromatic N) is 2. The third-order valence-corrected chi connectivity index (χ3v) is 5.20. The number of furan rings is 1. The third-order valence-electron chi connectivity index (χ3n) is 5.20. The molecule has 0 aliphatic carbocycles. The molecule has 0 atom stereocenters. The maximum Gasteiger partial charge on any atom is 0.354 e. The highest BCUT2D eigenvalue weighted by Gasteiger charge is 2.28. The number of ether oxygens (including phenoxy) is 2. The van der Waals surface area contributed by atoms with E-state index in [0.717, 1.165) is 0 Å².